The smallest absolute Gasteiger partial charge is 0.262 e. The number of amides is 2. The maximum absolute atomic E-state index is 12.5. The highest BCUT2D eigenvalue weighted by atomic mass is 16.5. The van der Waals surface area contributed by atoms with E-state index in [1.165, 1.54) is 0 Å². The first-order valence-electron chi connectivity index (χ1n) is 8.63. The van der Waals surface area contributed by atoms with Crippen LogP contribution in [0.2, 0.25) is 0 Å². The third-order valence-electron chi connectivity index (χ3n) is 4.79. The van der Waals surface area contributed by atoms with Crippen LogP contribution in [0.25, 0.3) is 0 Å². The molecule has 0 bridgehead atoms. The Labute approximate surface area is 154 Å². The lowest BCUT2D eigenvalue weighted by Crippen LogP contribution is -2.33. The Morgan fingerprint density at radius 2 is 1.92 bits per heavy atom. The monoisotopic (exact) mass is 352 g/mol. The van der Waals surface area contributed by atoms with E-state index in [1.54, 1.807) is 11.9 Å². The first-order chi connectivity index (χ1) is 12.2. The van der Waals surface area contributed by atoms with Crippen molar-refractivity contribution in [3.05, 3.63) is 53.1 Å². The van der Waals surface area contributed by atoms with Gasteiger partial charge in [0.2, 0.25) is 5.91 Å². The minimum atomic E-state index is -0.604. The standard InChI is InChI=1S/C21H24N2O3/c1-13-7-6-8-16(9-13)26-12-18(24)22-15-10-14(2)19-17(11-15)21(3,4)20(25)23(19)5/h6-11H,12H2,1-5H3,(H,22,24). The number of aryl methyl sites for hydroxylation is 2. The van der Waals surface area contributed by atoms with Gasteiger partial charge in [0.15, 0.2) is 6.61 Å². The summed E-state index contributed by atoms with van der Waals surface area (Å²) >= 11 is 0. The van der Waals surface area contributed by atoms with Crippen LogP contribution in [0.4, 0.5) is 11.4 Å². The van der Waals surface area contributed by atoms with Gasteiger partial charge in [-0.1, -0.05) is 12.1 Å². The van der Waals surface area contributed by atoms with E-state index in [0.717, 1.165) is 22.4 Å². The molecule has 5 nitrogen and oxygen atoms in total. The molecule has 1 heterocycles. The summed E-state index contributed by atoms with van der Waals surface area (Å²) in [5, 5.41) is 2.87. The van der Waals surface area contributed by atoms with Crippen molar-refractivity contribution in [3.63, 3.8) is 0 Å². The van der Waals surface area contributed by atoms with Gasteiger partial charge in [0.25, 0.3) is 5.91 Å². The molecule has 0 atom stereocenters. The second-order valence-electron chi connectivity index (χ2n) is 7.33. The number of nitrogens with one attached hydrogen (secondary N) is 1. The molecule has 136 valence electrons. The van der Waals surface area contributed by atoms with Crippen molar-refractivity contribution in [1.29, 1.82) is 0 Å². The lowest BCUT2D eigenvalue weighted by atomic mass is 9.85. The van der Waals surface area contributed by atoms with Crippen LogP contribution in [0.15, 0.2) is 36.4 Å². The van der Waals surface area contributed by atoms with Gasteiger partial charge in [-0.2, -0.15) is 0 Å². The molecule has 0 unspecified atom stereocenters. The fourth-order valence-corrected chi connectivity index (χ4v) is 3.46. The van der Waals surface area contributed by atoms with Gasteiger partial charge < -0.3 is 15.0 Å². The second kappa shape index (κ2) is 6.48. The van der Waals surface area contributed by atoms with E-state index in [-0.39, 0.29) is 18.4 Å². The number of nitrogens with zero attached hydrogens (tertiary/aromatic N) is 1. The molecule has 0 aliphatic carbocycles. The van der Waals surface area contributed by atoms with Crippen molar-refractivity contribution in [2.45, 2.75) is 33.1 Å². The molecule has 1 aliphatic rings. The predicted molar refractivity (Wildman–Crippen MR) is 103 cm³/mol. The summed E-state index contributed by atoms with van der Waals surface area (Å²) in [6.07, 6.45) is 0. The number of likely N-dealkylation sites (N-methyl/N-ethyl adjacent to an activating group) is 1. The van der Waals surface area contributed by atoms with Crippen LogP contribution in [0.3, 0.4) is 0 Å². The van der Waals surface area contributed by atoms with Crippen LogP contribution in [0.1, 0.15) is 30.5 Å². The van der Waals surface area contributed by atoms with Crippen LogP contribution in [0.5, 0.6) is 5.75 Å². The van der Waals surface area contributed by atoms with Gasteiger partial charge in [-0.25, -0.2) is 0 Å². The number of ether oxygens (including phenoxy) is 1. The molecular weight excluding hydrogens is 328 g/mol. The summed E-state index contributed by atoms with van der Waals surface area (Å²) in [7, 11) is 1.79. The minimum absolute atomic E-state index is 0.0573. The molecule has 0 spiro atoms. The number of carbonyl (C=O) groups excluding carboxylic acids is 2. The van der Waals surface area contributed by atoms with E-state index in [0.29, 0.717) is 11.4 Å². The number of hydrogen-bond acceptors (Lipinski definition) is 3. The molecular formula is C21H24N2O3. The van der Waals surface area contributed by atoms with Crippen LogP contribution >= 0.6 is 0 Å². The highest BCUT2D eigenvalue weighted by Crippen LogP contribution is 2.44. The van der Waals surface area contributed by atoms with Gasteiger partial charge in [0, 0.05) is 12.7 Å². The highest BCUT2D eigenvalue weighted by Gasteiger charge is 2.43. The number of carbonyl (C=O) groups is 2. The molecule has 0 saturated heterocycles. The summed E-state index contributed by atoms with van der Waals surface area (Å²) < 4.78 is 5.54. The molecule has 3 rings (SSSR count). The zero-order valence-corrected chi connectivity index (χ0v) is 15.8. The third kappa shape index (κ3) is 3.17. The van der Waals surface area contributed by atoms with Crippen LogP contribution in [-0.2, 0) is 15.0 Å². The zero-order chi connectivity index (χ0) is 19.1. The Kier molecular flexibility index (Phi) is 4.48. The quantitative estimate of drug-likeness (QED) is 0.915. The van der Waals surface area contributed by atoms with Gasteiger partial charge in [0.1, 0.15) is 5.75 Å². The predicted octanol–water partition coefficient (Wildman–Crippen LogP) is 3.57. The normalized spacial score (nSPS) is 15.0. The second-order valence-corrected chi connectivity index (χ2v) is 7.33. The number of benzene rings is 2. The van der Waals surface area contributed by atoms with Gasteiger partial charge in [-0.15, -0.1) is 0 Å². The van der Waals surface area contributed by atoms with Gasteiger partial charge >= 0.3 is 0 Å². The molecule has 0 aromatic heterocycles. The lowest BCUT2D eigenvalue weighted by molar-refractivity contribution is -0.121. The Morgan fingerprint density at radius 1 is 1.19 bits per heavy atom. The molecule has 0 radical (unpaired) electrons. The first-order valence-corrected chi connectivity index (χ1v) is 8.63. The van der Waals surface area contributed by atoms with Crippen molar-refractivity contribution < 1.29 is 14.3 Å². The minimum Gasteiger partial charge on any atom is -0.484 e. The Morgan fingerprint density at radius 3 is 2.62 bits per heavy atom. The fourth-order valence-electron chi connectivity index (χ4n) is 3.46. The number of fused-ring (bicyclic) bond motifs is 1. The summed E-state index contributed by atoms with van der Waals surface area (Å²) in [5.74, 6) is 0.488. The van der Waals surface area contributed by atoms with Gasteiger partial charge in [-0.05, 0) is 68.7 Å². The average molecular weight is 352 g/mol. The van der Waals surface area contributed by atoms with Crippen molar-refractivity contribution >= 4 is 23.2 Å². The van der Waals surface area contributed by atoms with Gasteiger partial charge in [0.05, 0.1) is 11.1 Å². The number of rotatable bonds is 4. The maximum atomic E-state index is 12.5. The highest BCUT2D eigenvalue weighted by molar-refractivity contribution is 6.08. The summed E-state index contributed by atoms with van der Waals surface area (Å²) in [5.41, 5.74) is 3.96. The average Bonchev–Trinajstić information content (AvgIpc) is 2.74. The van der Waals surface area contributed by atoms with Crippen LogP contribution in [-0.4, -0.2) is 25.5 Å². The Bertz CT molecular complexity index is 887. The van der Waals surface area contributed by atoms with Gasteiger partial charge in [-0.3, -0.25) is 9.59 Å². The summed E-state index contributed by atoms with van der Waals surface area (Å²) in [6, 6.07) is 11.3. The molecule has 2 aromatic carbocycles. The SMILES string of the molecule is Cc1cccc(OCC(=O)Nc2cc(C)c3c(c2)C(C)(C)C(=O)N3C)c1. The first kappa shape index (κ1) is 18.0. The van der Waals surface area contributed by atoms with Crippen LogP contribution in [0, 0.1) is 13.8 Å². The lowest BCUT2D eigenvalue weighted by Gasteiger charge is -2.17. The van der Waals surface area contributed by atoms with Crippen molar-refractivity contribution in [2.24, 2.45) is 0 Å². The van der Waals surface area contributed by atoms with E-state index in [4.69, 9.17) is 4.74 Å². The topological polar surface area (TPSA) is 58.6 Å². The van der Waals surface area contributed by atoms with E-state index < -0.39 is 5.41 Å². The zero-order valence-electron chi connectivity index (χ0n) is 15.8. The van der Waals surface area contributed by atoms with E-state index >= 15 is 0 Å². The number of anilines is 2. The largest absolute Gasteiger partial charge is 0.484 e. The van der Waals surface area contributed by atoms with Crippen molar-refractivity contribution in [3.8, 4) is 5.75 Å². The molecule has 0 fully saturated rings. The van der Waals surface area contributed by atoms with Crippen LogP contribution < -0.4 is 15.0 Å². The molecule has 1 N–H and O–H groups in total. The Hall–Kier alpha value is -2.82. The van der Waals surface area contributed by atoms with E-state index in [9.17, 15) is 9.59 Å². The molecule has 2 amide bonds. The maximum Gasteiger partial charge on any atom is 0.262 e. The number of hydrogen-bond donors (Lipinski definition) is 1. The molecule has 5 heteroatoms. The summed E-state index contributed by atoms with van der Waals surface area (Å²) in [4.78, 5) is 26.4. The molecule has 1 aliphatic heterocycles. The molecule has 2 aromatic rings. The van der Waals surface area contributed by atoms with E-state index in [1.807, 2.05) is 64.1 Å². The van der Waals surface area contributed by atoms with Crippen molar-refractivity contribution in [2.75, 3.05) is 23.9 Å². The third-order valence-corrected chi connectivity index (χ3v) is 4.79. The van der Waals surface area contributed by atoms with Crippen molar-refractivity contribution in [1.82, 2.24) is 0 Å². The Balaban J connectivity index is 1.75. The molecule has 26 heavy (non-hydrogen) atoms. The van der Waals surface area contributed by atoms with E-state index in [2.05, 4.69) is 5.32 Å². The fraction of sp³-hybridized carbons (Fsp3) is 0.333. The molecule has 0 saturated carbocycles. The summed E-state index contributed by atoms with van der Waals surface area (Å²) in [6.45, 7) is 7.66.